The number of halogens is 2. The van der Waals surface area contributed by atoms with Crippen molar-refractivity contribution in [3.63, 3.8) is 0 Å². The van der Waals surface area contributed by atoms with Crippen molar-refractivity contribution in [1.29, 1.82) is 0 Å². The zero-order valence-electron chi connectivity index (χ0n) is 6.43. The first-order chi connectivity index (χ1) is 5.77. The minimum absolute atomic E-state index is 0.0688. The summed E-state index contributed by atoms with van der Waals surface area (Å²) in [7, 11) is 0. The van der Waals surface area contributed by atoms with E-state index in [-0.39, 0.29) is 5.15 Å². The van der Waals surface area contributed by atoms with E-state index >= 15 is 0 Å². The molecule has 0 bridgehead atoms. The highest BCUT2D eigenvalue weighted by Gasteiger charge is 2.24. The lowest BCUT2D eigenvalue weighted by atomic mass is 10.2. The molecule has 4 heteroatoms. The van der Waals surface area contributed by atoms with Crippen molar-refractivity contribution in [1.82, 2.24) is 9.97 Å². The van der Waals surface area contributed by atoms with Gasteiger partial charge >= 0.3 is 0 Å². The van der Waals surface area contributed by atoms with E-state index in [0.29, 0.717) is 18.0 Å². The van der Waals surface area contributed by atoms with Gasteiger partial charge in [0.25, 0.3) is 0 Å². The Morgan fingerprint density at radius 2 is 2.25 bits per heavy atom. The van der Waals surface area contributed by atoms with Gasteiger partial charge in [0.1, 0.15) is 6.33 Å². The SMILES string of the molecule is Fc1c(Cl)ncnc1CC1CC1. The van der Waals surface area contributed by atoms with E-state index in [1.807, 2.05) is 0 Å². The van der Waals surface area contributed by atoms with Crippen molar-refractivity contribution in [2.75, 3.05) is 0 Å². The molecule has 2 rings (SSSR count). The zero-order chi connectivity index (χ0) is 8.55. The van der Waals surface area contributed by atoms with Crippen LogP contribution in [0.1, 0.15) is 18.5 Å². The van der Waals surface area contributed by atoms with Crippen LogP contribution in [0.25, 0.3) is 0 Å². The van der Waals surface area contributed by atoms with E-state index in [0.717, 1.165) is 0 Å². The van der Waals surface area contributed by atoms with Crippen LogP contribution in [0.4, 0.5) is 4.39 Å². The molecule has 0 unspecified atom stereocenters. The van der Waals surface area contributed by atoms with Crippen molar-refractivity contribution >= 4 is 11.6 Å². The first kappa shape index (κ1) is 7.92. The van der Waals surface area contributed by atoms with Gasteiger partial charge in [0.2, 0.25) is 0 Å². The Hall–Kier alpha value is -0.700. The minimum atomic E-state index is -0.453. The number of hydrogen-bond donors (Lipinski definition) is 0. The van der Waals surface area contributed by atoms with Crippen LogP contribution in [0.3, 0.4) is 0 Å². The molecular weight excluding hydrogens is 179 g/mol. The molecule has 1 fully saturated rings. The second-order valence-corrected chi connectivity index (χ2v) is 3.43. The van der Waals surface area contributed by atoms with Gasteiger partial charge in [-0.15, -0.1) is 0 Å². The quantitative estimate of drug-likeness (QED) is 0.662. The standard InChI is InChI=1S/C8H8ClFN2/c9-8-7(10)6(11-4-12-8)3-5-1-2-5/h4-5H,1-3H2. The third-order valence-electron chi connectivity index (χ3n) is 2.00. The molecule has 0 N–H and O–H groups in total. The summed E-state index contributed by atoms with van der Waals surface area (Å²) in [5.74, 6) is 0.163. The Balaban J connectivity index is 2.23. The number of rotatable bonds is 2. The summed E-state index contributed by atoms with van der Waals surface area (Å²) < 4.78 is 13.1. The lowest BCUT2D eigenvalue weighted by Gasteiger charge is -1.99. The van der Waals surface area contributed by atoms with E-state index < -0.39 is 5.82 Å². The molecule has 0 aromatic carbocycles. The lowest BCUT2D eigenvalue weighted by Crippen LogP contribution is -1.98. The van der Waals surface area contributed by atoms with Crippen LogP contribution in [-0.4, -0.2) is 9.97 Å². The molecule has 0 radical (unpaired) electrons. The van der Waals surface area contributed by atoms with Gasteiger partial charge in [0, 0.05) is 0 Å². The maximum absolute atomic E-state index is 13.1. The topological polar surface area (TPSA) is 25.8 Å². The van der Waals surface area contributed by atoms with E-state index in [9.17, 15) is 4.39 Å². The molecule has 12 heavy (non-hydrogen) atoms. The van der Waals surface area contributed by atoms with Gasteiger partial charge in [-0.25, -0.2) is 14.4 Å². The van der Waals surface area contributed by atoms with Crippen molar-refractivity contribution in [2.24, 2.45) is 5.92 Å². The van der Waals surface area contributed by atoms with Crippen LogP contribution in [0.5, 0.6) is 0 Å². The molecule has 1 aliphatic rings. The van der Waals surface area contributed by atoms with Crippen molar-refractivity contribution in [2.45, 2.75) is 19.3 Å². The van der Waals surface area contributed by atoms with Crippen molar-refractivity contribution in [3.8, 4) is 0 Å². The van der Waals surface area contributed by atoms with Gasteiger partial charge < -0.3 is 0 Å². The zero-order valence-corrected chi connectivity index (χ0v) is 7.18. The Morgan fingerprint density at radius 1 is 1.50 bits per heavy atom. The molecule has 0 atom stereocenters. The van der Waals surface area contributed by atoms with E-state index in [4.69, 9.17) is 11.6 Å². The van der Waals surface area contributed by atoms with Gasteiger partial charge in [-0.3, -0.25) is 0 Å². The fourth-order valence-electron chi connectivity index (χ4n) is 1.12. The fourth-order valence-corrected chi connectivity index (χ4v) is 1.27. The summed E-state index contributed by atoms with van der Waals surface area (Å²) in [4.78, 5) is 7.40. The van der Waals surface area contributed by atoms with Crippen LogP contribution < -0.4 is 0 Å². The van der Waals surface area contributed by atoms with Gasteiger partial charge in [-0.05, 0) is 25.2 Å². The average molecular weight is 187 g/mol. The third kappa shape index (κ3) is 1.55. The fraction of sp³-hybridized carbons (Fsp3) is 0.500. The minimum Gasteiger partial charge on any atom is -0.238 e. The lowest BCUT2D eigenvalue weighted by molar-refractivity contribution is 0.582. The molecule has 0 amide bonds. The van der Waals surface area contributed by atoms with Gasteiger partial charge in [-0.1, -0.05) is 11.6 Å². The highest BCUT2D eigenvalue weighted by molar-refractivity contribution is 6.29. The number of aromatic nitrogens is 2. The summed E-state index contributed by atoms with van der Waals surface area (Å²) >= 11 is 5.49. The molecule has 0 spiro atoms. The van der Waals surface area contributed by atoms with Crippen LogP contribution in [0.2, 0.25) is 5.15 Å². The van der Waals surface area contributed by atoms with Gasteiger partial charge in [0.05, 0.1) is 5.69 Å². The predicted octanol–water partition coefficient (Wildman–Crippen LogP) is 2.22. The third-order valence-corrected chi connectivity index (χ3v) is 2.26. The molecule has 1 aromatic heterocycles. The molecule has 1 saturated carbocycles. The normalized spacial score (nSPS) is 16.5. The Kier molecular flexibility index (Phi) is 1.97. The molecule has 64 valence electrons. The maximum atomic E-state index is 13.1. The van der Waals surface area contributed by atoms with Crippen LogP contribution >= 0.6 is 11.6 Å². The van der Waals surface area contributed by atoms with E-state index in [1.165, 1.54) is 19.2 Å². The van der Waals surface area contributed by atoms with Crippen LogP contribution in [0.15, 0.2) is 6.33 Å². The van der Waals surface area contributed by atoms with Gasteiger partial charge in [-0.2, -0.15) is 0 Å². The van der Waals surface area contributed by atoms with Gasteiger partial charge in [0.15, 0.2) is 11.0 Å². The van der Waals surface area contributed by atoms with Crippen LogP contribution in [0, 0.1) is 11.7 Å². The monoisotopic (exact) mass is 186 g/mol. The van der Waals surface area contributed by atoms with E-state index in [2.05, 4.69) is 9.97 Å². The molecule has 2 nitrogen and oxygen atoms in total. The summed E-state index contributed by atoms with van der Waals surface area (Å²) in [5, 5.41) is -0.0688. The predicted molar refractivity (Wildman–Crippen MR) is 43.4 cm³/mol. The molecule has 0 aliphatic heterocycles. The van der Waals surface area contributed by atoms with Crippen molar-refractivity contribution in [3.05, 3.63) is 23.0 Å². The number of nitrogens with zero attached hydrogens (tertiary/aromatic N) is 2. The number of hydrogen-bond acceptors (Lipinski definition) is 2. The summed E-state index contributed by atoms with van der Waals surface area (Å²) in [6.07, 6.45) is 4.37. The molecule has 1 aromatic rings. The summed E-state index contributed by atoms with van der Waals surface area (Å²) in [6.45, 7) is 0. The molecule has 0 saturated heterocycles. The molecule has 1 aliphatic carbocycles. The first-order valence-corrected chi connectivity index (χ1v) is 4.30. The summed E-state index contributed by atoms with van der Waals surface area (Å²) in [6, 6.07) is 0. The smallest absolute Gasteiger partial charge is 0.181 e. The first-order valence-electron chi connectivity index (χ1n) is 3.92. The second kappa shape index (κ2) is 2.98. The highest BCUT2D eigenvalue weighted by atomic mass is 35.5. The van der Waals surface area contributed by atoms with E-state index in [1.54, 1.807) is 0 Å². The average Bonchev–Trinajstić information content (AvgIpc) is 2.83. The highest BCUT2D eigenvalue weighted by Crippen LogP contribution is 2.33. The van der Waals surface area contributed by atoms with Crippen molar-refractivity contribution < 1.29 is 4.39 Å². The Labute approximate surface area is 74.8 Å². The largest absolute Gasteiger partial charge is 0.238 e. The maximum Gasteiger partial charge on any atom is 0.181 e. The summed E-state index contributed by atoms with van der Waals surface area (Å²) in [5.41, 5.74) is 0.456. The Morgan fingerprint density at radius 3 is 2.92 bits per heavy atom. The Bertz CT molecular complexity index is 299. The molecule has 1 heterocycles. The molecular formula is C8H8ClFN2. The van der Waals surface area contributed by atoms with Crippen LogP contribution in [-0.2, 0) is 6.42 Å². The second-order valence-electron chi connectivity index (χ2n) is 3.07.